The lowest BCUT2D eigenvalue weighted by atomic mass is 10.1. The van der Waals surface area contributed by atoms with Gasteiger partial charge in [-0.25, -0.2) is 17.7 Å². The van der Waals surface area contributed by atoms with Crippen LogP contribution in [0.15, 0.2) is 53.0 Å². The molecule has 0 bridgehead atoms. The van der Waals surface area contributed by atoms with E-state index in [1.54, 1.807) is 37.7 Å². The van der Waals surface area contributed by atoms with Gasteiger partial charge in [0.25, 0.3) is 21.8 Å². The van der Waals surface area contributed by atoms with Gasteiger partial charge in [-0.1, -0.05) is 0 Å². The second-order valence-electron chi connectivity index (χ2n) is 6.64. The molecule has 0 atom stereocenters. The van der Waals surface area contributed by atoms with E-state index in [0.717, 1.165) is 9.87 Å². The van der Waals surface area contributed by atoms with E-state index in [1.807, 2.05) is 6.07 Å². The molecule has 0 aliphatic carbocycles. The van der Waals surface area contributed by atoms with E-state index in [2.05, 4.69) is 15.3 Å². The van der Waals surface area contributed by atoms with E-state index in [-0.39, 0.29) is 16.0 Å². The molecule has 3 heterocycles. The van der Waals surface area contributed by atoms with Crippen molar-refractivity contribution in [3.63, 3.8) is 0 Å². The topological polar surface area (TPSA) is 109 Å². The maximum absolute atomic E-state index is 12.7. The summed E-state index contributed by atoms with van der Waals surface area (Å²) in [5.74, 6) is -1.09. The van der Waals surface area contributed by atoms with E-state index in [1.165, 1.54) is 29.5 Å². The summed E-state index contributed by atoms with van der Waals surface area (Å²) in [6, 6.07) is 7.17. The minimum Gasteiger partial charge on any atom is -0.298 e. The average molecular weight is 428 g/mol. The van der Waals surface area contributed by atoms with Gasteiger partial charge >= 0.3 is 0 Å². The van der Waals surface area contributed by atoms with Gasteiger partial charge in [0.05, 0.1) is 11.3 Å². The van der Waals surface area contributed by atoms with Crippen LogP contribution < -0.4 is 5.32 Å². The van der Waals surface area contributed by atoms with Crippen LogP contribution in [0, 0.1) is 0 Å². The van der Waals surface area contributed by atoms with Crippen molar-refractivity contribution in [3.8, 4) is 11.3 Å². The molecule has 0 radical (unpaired) electrons. The van der Waals surface area contributed by atoms with Crippen molar-refractivity contribution < 1.29 is 18.0 Å². The Bertz CT molecular complexity index is 1220. The summed E-state index contributed by atoms with van der Waals surface area (Å²) in [5.41, 5.74) is 1.69. The third-order valence-electron chi connectivity index (χ3n) is 4.36. The molecular formula is C19H16N4O4S2. The number of thiazole rings is 1. The second-order valence-corrected chi connectivity index (χ2v) is 9.29. The Hall–Kier alpha value is -3.11. The van der Waals surface area contributed by atoms with Gasteiger partial charge in [-0.2, -0.15) is 0 Å². The molecule has 0 unspecified atom stereocenters. The molecule has 0 saturated heterocycles. The molecule has 8 nitrogen and oxygen atoms in total. The third-order valence-corrected chi connectivity index (χ3v) is 7.12. The summed E-state index contributed by atoms with van der Waals surface area (Å²) in [6.07, 6.45) is 3.33. The lowest BCUT2D eigenvalue weighted by Gasteiger charge is -2.18. The van der Waals surface area contributed by atoms with Gasteiger partial charge < -0.3 is 0 Å². The maximum Gasteiger partial charge on any atom is 0.269 e. The Morgan fingerprint density at radius 3 is 2.72 bits per heavy atom. The molecule has 3 aromatic rings. The molecule has 148 valence electrons. The highest BCUT2D eigenvalue weighted by atomic mass is 32.2. The Kier molecular flexibility index (Phi) is 4.67. The number of hydrogen-bond acceptors (Lipinski definition) is 7. The van der Waals surface area contributed by atoms with E-state index in [0.29, 0.717) is 10.8 Å². The zero-order valence-electron chi connectivity index (χ0n) is 15.5. The number of carbonyl (C=O) groups is 2. The van der Waals surface area contributed by atoms with Gasteiger partial charge in [-0.15, -0.1) is 11.3 Å². The third kappa shape index (κ3) is 3.30. The van der Waals surface area contributed by atoms with Crippen LogP contribution in [0.1, 0.15) is 34.6 Å². The normalized spacial score (nSPS) is 14.9. The lowest BCUT2D eigenvalue weighted by Crippen LogP contribution is -2.36. The highest BCUT2D eigenvalue weighted by Gasteiger charge is 2.42. The Balaban J connectivity index is 1.60. The Morgan fingerprint density at radius 1 is 1.24 bits per heavy atom. The number of carbonyl (C=O) groups excluding carboxylic acids is 2. The molecule has 4 rings (SSSR count). The molecule has 29 heavy (non-hydrogen) atoms. The fraction of sp³-hybridized carbons (Fsp3) is 0.158. The first-order chi connectivity index (χ1) is 13.8. The number of anilines is 1. The largest absolute Gasteiger partial charge is 0.298 e. The van der Waals surface area contributed by atoms with Crippen LogP contribution in [0.25, 0.3) is 11.3 Å². The molecule has 0 spiro atoms. The maximum atomic E-state index is 12.7. The first-order valence-electron chi connectivity index (χ1n) is 8.69. The molecule has 1 aliphatic heterocycles. The highest BCUT2D eigenvalue weighted by Crippen LogP contribution is 2.33. The number of fused-ring (bicyclic) bond motifs is 1. The predicted octanol–water partition coefficient (Wildman–Crippen LogP) is 3.01. The second kappa shape index (κ2) is 7.05. The van der Waals surface area contributed by atoms with Crippen LogP contribution in [0.3, 0.4) is 0 Å². The zero-order valence-corrected chi connectivity index (χ0v) is 17.1. The van der Waals surface area contributed by atoms with Crippen molar-refractivity contribution >= 4 is 38.3 Å². The summed E-state index contributed by atoms with van der Waals surface area (Å²) < 4.78 is 26.2. The molecule has 1 aliphatic rings. The first kappa shape index (κ1) is 19.2. The molecule has 1 aromatic carbocycles. The monoisotopic (exact) mass is 428 g/mol. The van der Waals surface area contributed by atoms with Crippen molar-refractivity contribution in [3.05, 3.63) is 59.2 Å². The van der Waals surface area contributed by atoms with Gasteiger partial charge in [0, 0.05) is 34.9 Å². The SMILES string of the molecule is CC(C)N1C(=O)c2ccc(C(=O)Nc3nc(-c4cccnc4)cs3)cc2S1(=O)=O. The van der Waals surface area contributed by atoms with Crippen molar-refractivity contribution in [2.75, 3.05) is 5.32 Å². The summed E-state index contributed by atoms with van der Waals surface area (Å²) >= 11 is 1.25. The van der Waals surface area contributed by atoms with Crippen LogP contribution in [0.2, 0.25) is 0 Å². The Morgan fingerprint density at radius 2 is 2.03 bits per heavy atom. The number of hydrogen-bond donors (Lipinski definition) is 1. The molecule has 0 saturated carbocycles. The smallest absolute Gasteiger partial charge is 0.269 e. The molecule has 0 fully saturated rings. The van der Waals surface area contributed by atoms with Gasteiger partial charge in [-0.3, -0.25) is 19.9 Å². The summed E-state index contributed by atoms with van der Waals surface area (Å²) in [5, 5.41) is 4.83. The molecule has 10 heteroatoms. The van der Waals surface area contributed by atoms with Crippen molar-refractivity contribution in [2.24, 2.45) is 0 Å². The number of benzene rings is 1. The number of sulfonamides is 1. The number of aromatic nitrogens is 2. The summed E-state index contributed by atoms with van der Waals surface area (Å²) in [4.78, 5) is 33.3. The predicted molar refractivity (Wildman–Crippen MR) is 108 cm³/mol. The number of rotatable bonds is 4. The van der Waals surface area contributed by atoms with E-state index >= 15 is 0 Å². The summed E-state index contributed by atoms with van der Waals surface area (Å²) in [6.45, 7) is 3.24. The Labute approximate surface area is 171 Å². The number of pyridine rings is 1. The van der Waals surface area contributed by atoms with E-state index in [4.69, 9.17) is 0 Å². The summed E-state index contributed by atoms with van der Waals surface area (Å²) in [7, 11) is -3.97. The lowest BCUT2D eigenvalue weighted by molar-refractivity contribution is 0.0846. The fourth-order valence-corrected chi connectivity index (χ4v) is 5.55. The van der Waals surface area contributed by atoms with Crippen LogP contribution in [0.5, 0.6) is 0 Å². The van der Waals surface area contributed by atoms with Gasteiger partial charge in [0.2, 0.25) is 0 Å². The minimum absolute atomic E-state index is 0.0726. The molecule has 1 N–H and O–H groups in total. The van der Waals surface area contributed by atoms with Gasteiger partial charge in [0.1, 0.15) is 4.90 Å². The van der Waals surface area contributed by atoms with E-state index < -0.39 is 27.9 Å². The average Bonchev–Trinajstić information content (AvgIpc) is 3.23. The fourth-order valence-electron chi connectivity index (χ4n) is 3.05. The number of nitrogens with one attached hydrogen (secondary N) is 1. The van der Waals surface area contributed by atoms with Crippen LogP contribution in [-0.2, 0) is 10.0 Å². The number of amides is 2. The van der Waals surface area contributed by atoms with Gasteiger partial charge in [0.15, 0.2) is 5.13 Å². The quantitative estimate of drug-likeness (QED) is 0.684. The van der Waals surface area contributed by atoms with Crippen molar-refractivity contribution in [1.29, 1.82) is 0 Å². The highest BCUT2D eigenvalue weighted by molar-refractivity contribution is 7.90. The van der Waals surface area contributed by atoms with Crippen molar-refractivity contribution in [1.82, 2.24) is 14.3 Å². The van der Waals surface area contributed by atoms with E-state index in [9.17, 15) is 18.0 Å². The molecular weight excluding hydrogens is 412 g/mol. The first-order valence-corrected chi connectivity index (χ1v) is 11.0. The minimum atomic E-state index is -3.97. The molecule has 2 aromatic heterocycles. The van der Waals surface area contributed by atoms with Crippen LogP contribution in [-0.4, -0.2) is 40.5 Å². The standard InChI is InChI=1S/C19H16N4O4S2/c1-11(2)23-18(25)14-6-5-12(8-16(14)29(23,26)27)17(24)22-19-21-15(10-28-19)13-4-3-7-20-9-13/h3-11H,1-2H3,(H,21,22,24). The molecule has 2 amide bonds. The van der Waals surface area contributed by atoms with Crippen molar-refractivity contribution in [2.45, 2.75) is 24.8 Å². The van der Waals surface area contributed by atoms with Gasteiger partial charge in [-0.05, 0) is 44.2 Å². The van der Waals surface area contributed by atoms with Crippen LogP contribution >= 0.6 is 11.3 Å². The zero-order chi connectivity index (χ0) is 20.8. The van der Waals surface area contributed by atoms with Crippen LogP contribution in [0.4, 0.5) is 5.13 Å². The number of nitrogens with zero attached hydrogens (tertiary/aromatic N) is 3.